The Labute approximate surface area is 220 Å². The fourth-order valence-corrected chi connectivity index (χ4v) is 6.06. The van der Waals surface area contributed by atoms with Crippen molar-refractivity contribution in [2.75, 3.05) is 0 Å². The molecule has 0 radical (unpaired) electrons. The smallest absolute Gasteiger partial charge is 0.0571 e. The van der Waals surface area contributed by atoms with Crippen LogP contribution in [0.5, 0.6) is 0 Å². The van der Waals surface area contributed by atoms with E-state index in [0.29, 0.717) is 0 Å². The van der Waals surface area contributed by atoms with E-state index < -0.39 is 0 Å². The van der Waals surface area contributed by atoms with Gasteiger partial charge in [0.1, 0.15) is 0 Å². The number of benzene rings is 3. The number of allylic oxidation sites excluding steroid dienone is 1. The molecule has 0 atom stereocenters. The zero-order valence-corrected chi connectivity index (χ0v) is 20.8. The maximum Gasteiger partial charge on any atom is 0.0571 e. The van der Waals surface area contributed by atoms with E-state index in [1.807, 2.05) is 24.8 Å². The summed E-state index contributed by atoms with van der Waals surface area (Å²) < 4.78 is 4.69. The molecule has 0 amide bonds. The Bertz CT molecular complexity index is 1950. The molecule has 4 heterocycles. The molecule has 0 N–H and O–H groups in total. The van der Waals surface area contributed by atoms with Crippen LogP contribution in [0.15, 0.2) is 116 Å². The second-order valence-electron chi connectivity index (χ2n) is 9.87. The Morgan fingerprint density at radius 1 is 0.553 bits per heavy atom. The third-order valence-corrected chi connectivity index (χ3v) is 7.81. The van der Waals surface area contributed by atoms with E-state index >= 15 is 0 Å². The first-order valence-corrected chi connectivity index (χ1v) is 13.0. The van der Waals surface area contributed by atoms with Crippen molar-refractivity contribution in [3.05, 3.63) is 127 Å². The van der Waals surface area contributed by atoms with Crippen molar-refractivity contribution in [3.63, 3.8) is 0 Å². The normalized spacial score (nSPS) is 12.9. The van der Waals surface area contributed by atoms with Crippen LogP contribution in [0.1, 0.15) is 17.7 Å². The van der Waals surface area contributed by atoms with Crippen LogP contribution < -0.4 is 0 Å². The standard InChI is InChI=1S/C34H24N4/c1-3-7-31-27(5-1)29-21-35-19-17-33(29)37(31)25-13-9-23(10-14-25)24-11-15-26(16-12-24)38-32-8-4-2-6-28(32)30-22-36-20-18-34(30)38/h1,3-5,7-22H,2,6H2. The molecule has 0 unspecified atom stereocenters. The number of para-hydroxylation sites is 1. The molecule has 7 aromatic rings. The van der Waals surface area contributed by atoms with Crippen molar-refractivity contribution in [1.29, 1.82) is 0 Å². The lowest BCUT2D eigenvalue weighted by molar-refractivity contribution is 0.967. The highest BCUT2D eigenvalue weighted by molar-refractivity contribution is 6.08. The zero-order valence-electron chi connectivity index (χ0n) is 20.8. The molecule has 4 nitrogen and oxygen atoms in total. The molecular formula is C34H24N4. The Morgan fingerprint density at radius 3 is 1.89 bits per heavy atom. The van der Waals surface area contributed by atoms with Gasteiger partial charge >= 0.3 is 0 Å². The van der Waals surface area contributed by atoms with Crippen LogP contribution in [-0.2, 0) is 6.42 Å². The van der Waals surface area contributed by atoms with Gasteiger partial charge in [-0.25, -0.2) is 0 Å². The van der Waals surface area contributed by atoms with Gasteiger partial charge in [-0.3, -0.25) is 9.97 Å². The molecule has 4 heteroatoms. The first-order valence-electron chi connectivity index (χ1n) is 13.0. The summed E-state index contributed by atoms with van der Waals surface area (Å²) in [6.45, 7) is 0. The van der Waals surface area contributed by atoms with Gasteiger partial charge in [0.05, 0.1) is 16.6 Å². The van der Waals surface area contributed by atoms with E-state index in [1.54, 1.807) is 0 Å². The summed E-state index contributed by atoms with van der Waals surface area (Å²) in [5.74, 6) is 0. The maximum atomic E-state index is 4.40. The molecule has 8 rings (SSSR count). The average Bonchev–Trinajstić information content (AvgIpc) is 3.51. The fourth-order valence-electron chi connectivity index (χ4n) is 6.06. The molecule has 0 fully saturated rings. The minimum Gasteiger partial charge on any atom is -0.309 e. The fraction of sp³-hybridized carbons (Fsp3) is 0.0588. The number of hydrogen-bond acceptors (Lipinski definition) is 2. The van der Waals surface area contributed by atoms with Gasteiger partial charge < -0.3 is 9.13 Å². The van der Waals surface area contributed by atoms with E-state index in [1.165, 1.54) is 60.8 Å². The van der Waals surface area contributed by atoms with Gasteiger partial charge in [-0.15, -0.1) is 0 Å². The molecule has 0 spiro atoms. The summed E-state index contributed by atoms with van der Waals surface area (Å²) in [5, 5.41) is 3.65. The number of pyridine rings is 2. The number of fused-ring (bicyclic) bond motifs is 6. The van der Waals surface area contributed by atoms with E-state index in [9.17, 15) is 0 Å². The molecule has 3 aromatic carbocycles. The quantitative estimate of drug-likeness (QED) is 0.252. The molecule has 4 aromatic heterocycles. The summed E-state index contributed by atoms with van der Waals surface area (Å²) in [6.07, 6.45) is 14.4. The van der Waals surface area contributed by atoms with Crippen molar-refractivity contribution in [1.82, 2.24) is 19.1 Å². The topological polar surface area (TPSA) is 35.6 Å². The van der Waals surface area contributed by atoms with Crippen LogP contribution in [-0.4, -0.2) is 19.1 Å². The third kappa shape index (κ3) is 3.10. The van der Waals surface area contributed by atoms with Gasteiger partial charge in [0.2, 0.25) is 0 Å². The minimum atomic E-state index is 1.06. The maximum absolute atomic E-state index is 4.40. The molecule has 0 bridgehead atoms. The first kappa shape index (κ1) is 21.2. The molecule has 0 aliphatic heterocycles. The molecule has 180 valence electrons. The highest BCUT2D eigenvalue weighted by atomic mass is 15.0. The summed E-state index contributed by atoms with van der Waals surface area (Å²) in [6, 6.07) is 30.5. The van der Waals surface area contributed by atoms with Crippen LogP contribution >= 0.6 is 0 Å². The summed E-state index contributed by atoms with van der Waals surface area (Å²) >= 11 is 0. The molecular weight excluding hydrogens is 464 g/mol. The lowest BCUT2D eigenvalue weighted by Gasteiger charge is -2.13. The largest absolute Gasteiger partial charge is 0.309 e. The second kappa shape index (κ2) is 8.29. The van der Waals surface area contributed by atoms with Crippen LogP contribution in [0.4, 0.5) is 0 Å². The number of nitrogens with zero attached hydrogens (tertiary/aromatic N) is 4. The summed E-state index contributed by atoms with van der Waals surface area (Å²) in [7, 11) is 0. The Hall–Kier alpha value is -4.96. The number of aryl methyl sites for hydroxylation is 1. The highest BCUT2D eigenvalue weighted by Gasteiger charge is 2.18. The van der Waals surface area contributed by atoms with Crippen molar-refractivity contribution >= 4 is 38.8 Å². The van der Waals surface area contributed by atoms with Crippen molar-refractivity contribution in [2.24, 2.45) is 0 Å². The molecule has 38 heavy (non-hydrogen) atoms. The van der Waals surface area contributed by atoms with E-state index in [-0.39, 0.29) is 0 Å². The van der Waals surface area contributed by atoms with Gasteiger partial charge in [0.25, 0.3) is 0 Å². The Morgan fingerprint density at radius 2 is 1.16 bits per heavy atom. The average molecular weight is 489 g/mol. The Balaban J connectivity index is 1.18. The minimum absolute atomic E-state index is 1.06. The van der Waals surface area contributed by atoms with Gasteiger partial charge in [-0.1, -0.05) is 48.5 Å². The van der Waals surface area contributed by atoms with Gasteiger partial charge in [-0.05, 0) is 78.1 Å². The van der Waals surface area contributed by atoms with Crippen LogP contribution in [0.2, 0.25) is 0 Å². The van der Waals surface area contributed by atoms with Crippen LogP contribution in [0.3, 0.4) is 0 Å². The monoisotopic (exact) mass is 488 g/mol. The Kier molecular flexibility index (Phi) is 4.61. The second-order valence-corrected chi connectivity index (χ2v) is 9.87. The van der Waals surface area contributed by atoms with Crippen molar-refractivity contribution < 1.29 is 0 Å². The molecule has 0 saturated carbocycles. The predicted octanol–water partition coefficient (Wildman–Crippen LogP) is 8.14. The molecule has 1 aliphatic rings. The van der Waals surface area contributed by atoms with Crippen molar-refractivity contribution in [3.8, 4) is 22.5 Å². The van der Waals surface area contributed by atoms with Gasteiger partial charge in [-0.2, -0.15) is 0 Å². The highest BCUT2D eigenvalue weighted by Crippen LogP contribution is 2.35. The van der Waals surface area contributed by atoms with E-state index in [0.717, 1.165) is 18.5 Å². The van der Waals surface area contributed by atoms with E-state index in [4.69, 9.17) is 0 Å². The number of rotatable bonds is 3. The van der Waals surface area contributed by atoms with Crippen LogP contribution in [0, 0.1) is 0 Å². The van der Waals surface area contributed by atoms with Crippen molar-refractivity contribution in [2.45, 2.75) is 12.8 Å². The first-order chi connectivity index (χ1) is 18.9. The predicted molar refractivity (Wildman–Crippen MR) is 156 cm³/mol. The molecule has 0 saturated heterocycles. The van der Waals surface area contributed by atoms with Gasteiger partial charge in [0, 0.05) is 58.0 Å². The third-order valence-electron chi connectivity index (χ3n) is 7.81. The van der Waals surface area contributed by atoms with Crippen LogP contribution in [0.25, 0.3) is 61.3 Å². The number of aromatic nitrogens is 4. The van der Waals surface area contributed by atoms with E-state index in [2.05, 4.69) is 116 Å². The summed E-state index contributed by atoms with van der Waals surface area (Å²) in [5.41, 5.74) is 11.0. The molecule has 1 aliphatic carbocycles. The SMILES string of the molecule is C1=Cc2c(c3cnccc3n2-c2ccc(-c3ccc(-n4c5ccccc5c5cnccc54)cc3)cc2)CC1. The lowest BCUT2D eigenvalue weighted by atomic mass is 10.0. The zero-order chi connectivity index (χ0) is 25.1. The number of hydrogen-bond donors (Lipinski definition) is 0. The lowest BCUT2D eigenvalue weighted by Crippen LogP contribution is -2.00. The summed E-state index contributed by atoms with van der Waals surface area (Å²) in [4.78, 5) is 8.77. The van der Waals surface area contributed by atoms with Gasteiger partial charge in [0.15, 0.2) is 0 Å².